The number of aromatic amines is 1. The van der Waals surface area contributed by atoms with Gasteiger partial charge in [-0.05, 0) is 51.4 Å². The maximum atomic E-state index is 13.9. The molecule has 0 aliphatic heterocycles. The summed E-state index contributed by atoms with van der Waals surface area (Å²) in [6.45, 7) is 5.55. The molecule has 40 heavy (non-hydrogen) atoms. The highest BCUT2D eigenvalue weighted by Crippen LogP contribution is 2.47. The molecule has 1 unspecified atom stereocenters. The summed E-state index contributed by atoms with van der Waals surface area (Å²) in [5, 5.41) is 36.3. The van der Waals surface area contributed by atoms with Gasteiger partial charge in [0.05, 0.1) is 18.8 Å². The number of hydrogen-bond donors (Lipinski definition) is 5. The largest absolute Gasteiger partial charge is 0.462 e. The molecule has 0 saturated heterocycles. The zero-order valence-corrected chi connectivity index (χ0v) is 24.2. The maximum Gasteiger partial charge on any atom is 0.459 e. The first kappa shape index (κ1) is 31.6. The Morgan fingerprint density at radius 3 is 2.50 bits per heavy atom. The van der Waals surface area contributed by atoms with Crippen molar-refractivity contribution in [1.82, 2.24) is 14.6 Å². The Kier molecular flexibility index (Phi) is 10.4. The number of aliphatic hydroxyl groups is 3. The Labute approximate surface area is 236 Å². The lowest BCUT2D eigenvalue weighted by atomic mass is 9.94. The summed E-state index contributed by atoms with van der Waals surface area (Å²) >= 11 is 5.02. The Bertz CT molecular complexity index is 1480. The van der Waals surface area contributed by atoms with Crippen LogP contribution in [-0.2, 0) is 18.6 Å². The van der Waals surface area contributed by atoms with E-state index in [9.17, 15) is 29.5 Å². The monoisotopic (exact) mass is 595 g/mol. The molecule has 1 aromatic heterocycles. The van der Waals surface area contributed by atoms with Crippen molar-refractivity contribution in [3.63, 3.8) is 0 Å². The van der Waals surface area contributed by atoms with E-state index in [2.05, 4.69) is 10.1 Å². The van der Waals surface area contributed by atoms with E-state index in [-0.39, 0.29) is 16.9 Å². The molecule has 3 aromatic rings. The number of nitrogens with one attached hydrogen (secondary N) is 2. The fourth-order valence-electron chi connectivity index (χ4n) is 3.77. The number of hydrogen-bond acceptors (Lipinski definition) is 10. The van der Waals surface area contributed by atoms with E-state index in [4.69, 9.17) is 26.0 Å². The first-order valence-corrected chi connectivity index (χ1v) is 14.5. The Balaban J connectivity index is 1.79. The van der Waals surface area contributed by atoms with E-state index in [1.54, 1.807) is 38.1 Å². The van der Waals surface area contributed by atoms with Crippen molar-refractivity contribution in [2.24, 2.45) is 0 Å². The van der Waals surface area contributed by atoms with E-state index >= 15 is 0 Å². The molecule has 5 atom stereocenters. The number of benzene rings is 2. The maximum absolute atomic E-state index is 13.9. The van der Waals surface area contributed by atoms with Gasteiger partial charge in [-0.1, -0.05) is 36.4 Å². The second-order valence-electron chi connectivity index (χ2n) is 9.66. The van der Waals surface area contributed by atoms with Crippen molar-refractivity contribution >= 4 is 36.7 Å². The molecule has 14 heteroatoms. The number of esters is 1. The van der Waals surface area contributed by atoms with Crippen LogP contribution in [0.1, 0.15) is 40.3 Å². The molecule has 0 bridgehead atoms. The fourth-order valence-corrected chi connectivity index (χ4v) is 5.55. The average Bonchev–Trinajstić information content (AvgIpc) is 2.88. The van der Waals surface area contributed by atoms with Gasteiger partial charge in [0.2, 0.25) is 0 Å². The summed E-state index contributed by atoms with van der Waals surface area (Å²) in [6.07, 6.45) is -2.89. The molecule has 0 fully saturated rings. The van der Waals surface area contributed by atoms with Crippen molar-refractivity contribution in [2.45, 2.75) is 64.2 Å². The van der Waals surface area contributed by atoms with Crippen LogP contribution in [0, 0.1) is 4.77 Å². The van der Waals surface area contributed by atoms with Crippen LogP contribution >= 0.6 is 20.0 Å². The lowest BCUT2D eigenvalue weighted by Gasteiger charge is -2.34. The predicted molar refractivity (Wildman–Crippen MR) is 150 cm³/mol. The molecule has 5 N–H and O–H groups in total. The van der Waals surface area contributed by atoms with Crippen LogP contribution in [0.4, 0.5) is 0 Å². The van der Waals surface area contributed by atoms with Crippen molar-refractivity contribution < 1.29 is 38.5 Å². The molecule has 0 aliphatic rings. The number of carbonyl (C=O) groups excluding carboxylic acids is 1. The highest BCUT2D eigenvalue weighted by Gasteiger charge is 2.40. The van der Waals surface area contributed by atoms with Crippen LogP contribution in [0.2, 0.25) is 0 Å². The summed E-state index contributed by atoms with van der Waals surface area (Å²) in [5.41, 5.74) is -2.66. The Morgan fingerprint density at radius 2 is 1.82 bits per heavy atom. The van der Waals surface area contributed by atoms with E-state index < -0.39 is 56.0 Å². The topological polar surface area (TPSA) is 172 Å². The van der Waals surface area contributed by atoms with Crippen LogP contribution in [0.3, 0.4) is 0 Å². The Morgan fingerprint density at radius 1 is 1.15 bits per heavy atom. The number of aliphatic hydroxyl groups excluding tert-OH is 2. The van der Waals surface area contributed by atoms with E-state index in [0.717, 1.165) is 16.0 Å². The minimum absolute atomic E-state index is 0.164. The number of nitrogens with zero attached hydrogens (tertiary/aromatic N) is 1. The van der Waals surface area contributed by atoms with Crippen molar-refractivity contribution in [2.75, 3.05) is 6.61 Å². The molecule has 0 radical (unpaired) electrons. The summed E-state index contributed by atoms with van der Waals surface area (Å²) in [7, 11) is -4.27. The van der Waals surface area contributed by atoms with Crippen LogP contribution in [0.25, 0.3) is 10.8 Å². The number of rotatable bonds is 13. The second-order valence-corrected chi connectivity index (χ2v) is 11.7. The highest BCUT2D eigenvalue weighted by molar-refractivity contribution is 7.71. The van der Waals surface area contributed by atoms with E-state index in [1.807, 2.05) is 18.2 Å². The summed E-state index contributed by atoms with van der Waals surface area (Å²) in [5.74, 6) is -0.446. The third-order valence-electron chi connectivity index (χ3n) is 5.99. The van der Waals surface area contributed by atoms with Crippen molar-refractivity contribution in [3.8, 4) is 5.75 Å². The number of carbonyl (C=O) groups is 1. The molecule has 12 nitrogen and oxygen atoms in total. The molecule has 0 saturated carbocycles. The van der Waals surface area contributed by atoms with E-state index in [1.165, 1.54) is 20.0 Å². The van der Waals surface area contributed by atoms with Crippen LogP contribution in [-0.4, -0.2) is 61.3 Å². The SMILES string of the molecule is CC(C)OC(=O)[C@H](C)N[P@@](=O)(OCCC(O)[C@@](C)(O)[C@@H](O)n1ccc(=O)[nH]c1=S)Oc1cccc2ccccc12. The zero-order valence-electron chi connectivity index (χ0n) is 22.5. The molecular weight excluding hydrogens is 561 g/mol. The first-order valence-electron chi connectivity index (χ1n) is 12.5. The highest BCUT2D eigenvalue weighted by atomic mass is 32.1. The van der Waals surface area contributed by atoms with Crippen LogP contribution in [0.15, 0.2) is 59.5 Å². The third-order valence-corrected chi connectivity index (χ3v) is 7.97. The van der Waals surface area contributed by atoms with Gasteiger partial charge in [0.25, 0.3) is 5.56 Å². The molecule has 1 heterocycles. The van der Waals surface area contributed by atoms with E-state index in [0.29, 0.717) is 5.39 Å². The normalized spacial score (nSPS) is 17.0. The molecule has 3 rings (SSSR count). The average molecular weight is 596 g/mol. The molecule has 0 aliphatic carbocycles. The Hall–Kier alpha value is -2.90. The quantitative estimate of drug-likeness (QED) is 0.112. The second kappa shape index (κ2) is 13.2. The van der Waals surface area contributed by atoms with Gasteiger partial charge >= 0.3 is 13.7 Å². The number of fused-ring (bicyclic) bond motifs is 1. The standard InChI is InChI=1S/C26H34N3O9PS/c1-16(2)37-23(32)17(3)28-39(35,38-20-11-7-9-18-8-5-6-10-19(18)20)36-15-13-21(30)26(4,34)24(33)29-14-12-22(31)27-25(29)40/h5-12,14,16-17,21,24,30,33-34H,13,15H2,1-4H3,(H,28,35)(H,27,31,40)/t17-,21?,24+,26+,39+/m0/s1. The number of H-pyrrole nitrogens is 1. The van der Waals surface area contributed by atoms with Gasteiger partial charge in [-0.15, -0.1) is 0 Å². The molecule has 0 amide bonds. The van der Waals surface area contributed by atoms with Gasteiger partial charge in [0.15, 0.2) is 11.0 Å². The lowest BCUT2D eigenvalue weighted by molar-refractivity contribution is -0.167. The molecule has 2 aromatic carbocycles. The minimum Gasteiger partial charge on any atom is -0.462 e. The van der Waals surface area contributed by atoms with Crippen LogP contribution < -0.4 is 15.2 Å². The van der Waals surface area contributed by atoms with Gasteiger partial charge in [-0.2, -0.15) is 5.09 Å². The fraction of sp³-hybridized carbons (Fsp3) is 0.423. The molecular formula is C26H34N3O9PS. The first-order chi connectivity index (χ1) is 18.7. The van der Waals surface area contributed by atoms with Gasteiger partial charge < -0.3 is 24.6 Å². The van der Waals surface area contributed by atoms with Gasteiger partial charge in [-0.3, -0.25) is 23.7 Å². The number of aromatic nitrogens is 2. The van der Waals surface area contributed by atoms with Gasteiger partial charge in [-0.25, -0.2) is 4.57 Å². The van der Waals surface area contributed by atoms with Gasteiger partial charge in [0, 0.05) is 24.1 Å². The van der Waals surface area contributed by atoms with Crippen molar-refractivity contribution in [3.05, 3.63) is 69.9 Å². The molecule has 0 spiro atoms. The lowest BCUT2D eigenvalue weighted by Crippen LogP contribution is -2.48. The van der Waals surface area contributed by atoms with Crippen LogP contribution in [0.5, 0.6) is 5.75 Å². The van der Waals surface area contributed by atoms with Gasteiger partial charge in [0.1, 0.15) is 17.4 Å². The summed E-state index contributed by atoms with van der Waals surface area (Å²) < 4.78 is 31.3. The zero-order chi connectivity index (χ0) is 29.7. The summed E-state index contributed by atoms with van der Waals surface area (Å²) in [4.78, 5) is 26.2. The molecule has 218 valence electrons. The smallest absolute Gasteiger partial charge is 0.459 e. The summed E-state index contributed by atoms with van der Waals surface area (Å²) in [6, 6.07) is 12.4. The number of ether oxygens (including phenoxy) is 1. The predicted octanol–water partition coefficient (Wildman–Crippen LogP) is 3.19. The third kappa shape index (κ3) is 7.85. The minimum atomic E-state index is -4.27. The van der Waals surface area contributed by atoms with Crippen molar-refractivity contribution in [1.29, 1.82) is 0 Å².